The number of nitrogens with one attached hydrogen (secondary N) is 1. The fourth-order valence-corrected chi connectivity index (χ4v) is 3.92. The molecule has 2 aromatic carbocycles. The molecule has 0 aliphatic heterocycles. The fourth-order valence-electron chi connectivity index (χ4n) is 3.92. The molecule has 2 aromatic rings. The van der Waals surface area contributed by atoms with Gasteiger partial charge in [0.15, 0.2) is 0 Å². The van der Waals surface area contributed by atoms with Crippen LogP contribution >= 0.6 is 0 Å². The molecule has 0 saturated heterocycles. The third kappa shape index (κ3) is 6.51. The number of hydrogen-bond donors (Lipinski definition) is 2. The first-order valence-electron chi connectivity index (χ1n) is 11.6. The molecule has 0 atom stereocenters. The molecule has 0 saturated carbocycles. The van der Waals surface area contributed by atoms with Crippen LogP contribution in [-0.2, 0) is 22.0 Å². The van der Waals surface area contributed by atoms with Gasteiger partial charge in [0, 0.05) is 12.1 Å². The average molecular weight is 440 g/mol. The molecule has 0 radical (unpaired) electrons. The highest BCUT2D eigenvalue weighted by molar-refractivity contribution is 5.91. The molecule has 2 rings (SSSR count). The van der Waals surface area contributed by atoms with Gasteiger partial charge in [0.25, 0.3) is 0 Å². The minimum absolute atomic E-state index is 0.0197. The normalized spacial score (nSPS) is 12.0. The van der Waals surface area contributed by atoms with Crippen molar-refractivity contribution in [3.05, 3.63) is 52.1 Å². The van der Waals surface area contributed by atoms with Crippen molar-refractivity contribution in [3.63, 3.8) is 0 Å². The van der Waals surface area contributed by atoms with Crippen LogP contribution in [0.15, 0.2) is 24.3 Å². The summed E-state index contributed by atoms with van der Waals surface area (Å²) in [5.41, 5.74) is 5.41. The van der Waals surface area contributed by atoms with E-state index in [4.69, 9.17) is 4.74 Å². The number of carbonyl (C=O) groups is 1. The number of hydrogen-bond acceptors (Lipinski definition) is 3. The maximum absolute atomic E-state index is 12.7. The second-order valence-corrected chi connectivity index (χ2v) is 10.9. The number of benzene rings is 2. The summed E-state index contributed by atoms with van der Waals surface area (Å²) in [6.07, 6.45) is 1.96. The number of phenolic OH excluding ortho intramolecular Hbond substituents is 1. The lowest BCUT2D eigenvalue weighted by Gasteiger charge is -2.28. The number of aryl methyl sites for hydroxylation is 3. The Morgan fingerprint density at radius 3 is 1.88 bits per heavy atom. The van der Waals surface area contributed by atoms with E-state index in [9.17, 15) is 9.90 Å². The maximum atomic E-state index is 12.7. The second-order valence-electron chi connectivity index (χ2n) is 10.9. The Morgan fingerprint density at radius 2 is 1.44 bits per heavy atom. The summed E-state index contributed by atoms with van der Waals surface area (Å²) in [4.78, 5) is 12.7. The molecular formula is C28H41NO3. The van der Waals surface area contributed by atoms with E-state index in [2.05, 4.69) is 53.8 Å². The molecule has 0 bridgehead atoms. The zero-order valence-electron chi connectivity index (χ0n) is 21.4. The first-order valence-corrected chi connectivity index (χ1v) is 11.6. The van der Waals surface area contributed by atoms with E-state index < -0.39 is 0 Å². The summed E-state index contributed by atoms with van der Waals surface area (Å²) < 4.78 is 5.84. The summed E-state index contributed by atoms with van der Waals surface area (Å²) in [5.74, 6) is 1.25. The largest absolute Gasteiger partial charge is 0.507 e. The van der Waals surface area contributed by atoms with Crippen LogP contribution in [0, 0.1) is 13.8 Å². The van der Waals surface area contributed by atoms with E-state index in [1.54, 1.807) is 0 Å². The van der Waals surface area contributed by atoms with E-state index in [0.29, 0.717) is 25.2 Å². The van der Waals surface area contributed by atoms with E-state index in [0.717, 1.165) is 45.7 Å². The summed E-state index contributed by atoms with van der Waals surface area (Å²) in [7, 11) is 0. The van der Waals surface area contributed by atoms with Crippen molar-refractivity contribution in [1.82, 2.24) is 0 Å². The van der Waals surface area contributed by atoms with Gasteiger partial charge in [-0.25, -0.2) is 0 Å². The molecule has 2 N–H and O–H groups in total. The number of rotatable bonds is 7. The van der Waals surface area contributed by atoms with Crippen molar-refractivity contribution in [2.75, 3.05) is 11.9 Å². The van der Waals surface area contributed by atoms with Crippen molar-refractivity contribution in [2.45, 2.75) is 92.4 Å². The Balaban J connectivity index is 2.18. The molecule has 1 amide bonds. The zero-order valence-corrected chi connectivity index (χ0v) is 21.4. The predicted molar refractivity (Wildman–Crippen MR) is 134 cm³/mol. The Hall–Kier alpha value is -2.49. The van der Waals surface area contributed by atoms with Crippen LogP contribution in [0.1, 0.15) is 89.1 Å². The van der Waals surface area contributed by atoms with Gasteiger partial charge in [0.2, 0.25) is 5.91 Å². The van der Waals surface area contributed by atoms with Gasteiger partial charge in [0.1, 0.15) is 11.5 Å². The quantitative estimate of drug-likeness (QED) is 0.490. The van der Waals surface area contributed by atoms with Crippen molar-refractivity contribution < 1.29 is 14.6 Å². The van der Waals surface area contributed by atoms with E-state index in [1.807, 2.05) is 38.1 Å². The van der Waals surface area contributed by atoms with Crippen LogP contribution in [0.3, 0.4) is 0 Å². The monoisotopic (exact) mass is 439 g/mol. The lowest BCUT2D eigenvalue weighted by Crippen LogP contribution is -2.18. The molecule has 0 fully saturated rings. The Bertz CT molecular complexity index is 904. The van der Waals surface area contributed by atoms with Crippen molar-refractivity contribution in [2.24, 2.45) is 0 Å². The van der Waals surface area contributed by atoms with Crippen molar-refractivity contribution >= 4 is 11.6 Å². The fraction of sp³-hybridized carbons (Fsp3) is 0.536. The minimum atomic E-state index is -0.182. The highest BCUT2D eigenvalue weighted by Gasteiger charge is 2.26. The van der Waals surface area contributed by atoms with E-state index in [-0.39, 0.29) is 16.7 Å². The van der Waals surface area contributed by atoms with Gasteiger partial charge in [-0.1, -0.05) is 60.6 Å². The first kappa shape index (κ1) is 25.8. The Morgan fingerprint density at radius 1 is 0.938 bits per heavy atom. The summed E-state index contributed by atoms with van der Waals surface area (Å²) >= 11 is 0. The summed E-state index contributed by atoms with van der Waals surface area (Å²) in [5, 5.41) is 13.9. The molecule has 0 aromatic heterocycles. The van der Waals surface area contributed by atoms with E-state index >= 15 is 0 Å². The lowest BCUT2D eigenvalue weighted by atomic mass is 9.78. The number of aromatic hydroxyl groups is 1. The van der Waals surface area contributed by atoms with Gasteiger partial charge in [-0.2, -0.15) is 0 Å². The number of carbonyl (C=O) groups excluding carboxylic acids is 1. The van der Waals surface area contributed by atoms with Crippen LogP contribution < -0.4 is 10.1 Å². The molecule has 0 heterocycles. The molecule has 0 aliphatic carbocycles. The van der Waals surface area contributed by atoms with Gasteiger partial charge < -0.3 is 15.2 Å². The Labute approximate surface area is 194 Å². The van der Waals surface area contributed by atoms with Gasteiger partial charge in [-0.05, 0) is 77.5 Å². The molecule has 0 spiro atoms. The summed E-state index contributed by atoms with van der Waals surface area (Å²) in [6, 6.07) is 8.02. The van der Waals surface area contributed by atoms with Gasteiger partial charge in [-0.15, -0.1) is 0 Å². The lowest BCUT2D eigenvalue weighted by molar-refractivity contribution is -0.116. The van der Waals surface area contributed by atoms with Gasteiger partial charge in [-0.3, -0.25) is 4.79 Å². The molecular weight excluding hydrogens is 398 g/mol. The SMILES string of the molecule is CCCOc1c(C)cc(NC(=O)CCc2cc(C(C)(C)C)c(O)c(C(C)(C)C)c2)cc1C. The molecule has 32 heavy (non-hydrogen) atoms. The highest BCUT2D eigenvalue weighted by atomic mass is 16.5. The Kier molecular flexibility index (Phi) is 8.03. The minimum Gasteiger partial charge on any atom is -0.507 e. The third-order valence-electron chi connectivity index (χ3n) is 5.62. The molecule has 0 aliphatic rings. The van der Waals surface area contributed by atoms with Crippen LogP contribution in [0.4, 0.5) is 5.69 Å². The van der Waals surface area contributed by atoms with Crippen LogP contribution in [0.25, 0.3) is 0 Å². The van der Waals surface area contributed by atoms with Crippen LogP contribution in [-0.4, -0.2) is 17.6 Å². The summed E-state index contributed by atoms with van der Waals surface area (Å²) in [6.45, 7) is 19.4. The molecule has 176 valence electrons. The third-order valence-corrected chi connectivity index (χ3v) is 5.62. The average Bonchev–Trinajstić information content (AvgIpc) is 2.64. The molecule has 4 heteroatoms. The maximum Gasteiger partial charge on any atom is 0.224 e. The standard InChI is InChI=1S/C28H41NO3/c1-10-13-32-26-18(2)14-21(15-19(26)3)29-24(30)12-11-20-16-22(27(4,5)6)25(31)23(17-20)28(7,8)9/h14-17,31H,10-13H2,1-9H3,(H,29,30). The smallest absolute Gasteiger partial charge is 0.224 e. The molecule has 4 nitrogen and oxygen atoms in total. The number of phenols is 1. The van der Waals surface area contributed by atoms with Crippen molar-refractivity contribution in [3.8, 4) is 11.5 Å². The number of anilines is 1. The van der Waals surface area contributed by atoms with Gasteiger partial charge in [0.05, 0.1) is 6.61 Å². The number of ether oxygens (including phenoxy) is 1. The van der Waals surface area contributed by atoms with Crippen LogP contribution in [0.5, 0.6) is 11.5 Å². The van der Waals surface area contributed by atoms with E-state index in [1.165, 1.54) is 0 Å². The zero-order chi connectivity index (χ0) is 24.3. The van der Waals surface area contributed by atoms with Crippen LogP contribution in [0.2, 0.25) is 0 Å². The first-order chi connectivity index (χ1) is 14.7. The van der Waals surface area contributed by atoms with Crippen molar-refractivity contribution in [1.29, 1.82) is 0 Å². The number of amides is 1. The highest BCUT2D eigenvalue weighted by Crippen LogP contribution is 2.40. The predicted octanol–water partition coefficient (Wildman–Crippen LogP) is 6.96. The van der Waals surface area contributed by atoms with Gasteiger partial charge >= 0.3 is 0 Å². The second kappa shape index (κ2) is 9.97. The molecule has 0 unspecified atom stereocenters. The topological polar surface area (TPSA) is 58.6 Å².